The van der Waals surface area contributed by atoms with Crippen molar-refractivity contribution in [2.75, 3.05) is 6.61 Å². The van der Waals surface area contributed by atoms with Gasteiger partial charge >= 0.3 is 0 Å². The van der Waals surface area contributed by atoms with Crippen LogP contribution in [0.5, 0.6) is 0 Å². The SMILES string of the molecule is C.C/C(=C\C=C\c1cccc(C)c1)CO.C/C(C=O)=C\C=C\c1cccc(C)c1. The summed E-state index contributed by atoms with van der Waals surface area (Å²) in [7, 11) is 0. The summed E-state index contributed by atoms with van der Waals surface area (Å²) in [5.41, 5.74) is 6.54. The van der Waals surface area contributed by atoms with Crippen LogP contribution in [0, 0.1) is 13.8 Å². The monoisotopic (exact) mass is 390 g/mol. The summed E-state index contributed by atoms with van der Waals surface area (Å²) in [5, 5.41) is 8.77. The maximum atomic E-state index is 10.3. The van der Waals surface area contributed by atoms with Crippen LogP contribution >= 0.6 is 0 Å². The summed E-state index contributed by atoms with van der Waals surface area (Å²) in [6, 6.07) is 16.5. The Bertz CT molecular complexity index is 868. The minimum Gasteiger partial charge on any atom is -0.392 e. The van der Waals surface area contributed by atoms with E-state index in [1.165, 1.54) is 16.7 Å². The quantitative estimate of drug-likeness (QED) is 0.337. The molecule has 0 atom stereocenters. The van der Waals surface area contributed by atoms with Crippen molar-refractivity contribution in [3.8, 4) is 0 Å². The lowest BCUT2D eigenvalue weighted by Gasteiger charge is -1.94. The fraction of sp³-hybridized carbons (Fsp3) is 0.222. The Hall–Kier alpha value is -2.97. The van der Waals surface area contributed by atoms with Gasteiger partial charge in [-0.2, -0.15) is 0 Å². The van der Waals surface area contributed by atoms with Crippen LogP contribution < -0.4 is 0 Å². The van der Waals surface area contributed by atoms with Crippen LogP contribution in [0.1, 0.15) is 43.5 Å². The van der Waals surface area contributed by atoms with Gasteiger partial charge < -0.3 is 5.11 Å². The standard InChI is InChI=1S/C13H16O.C13H14O.CH4/c2*1-11-5-3-7-13(9-11)8-4-6-12(2)10-14;/h3-9,14H,10H2,1-2H3;3-10H,1-2H3;1H4/b2*8-4+,12-6+;. The van der Waals surface area contributed by atoms with Crippen molar-refractivity contribution in [1.82, 2.24) is 0 Å². The normalized spacial score (nSPS) is 11.8. The number of rotatable bonds is 6. The zero-order valence-corrected chi connectivity index (χ0v) is 17.2. The predicted octanol–water partition coefficient (Wildman–Crippen LogP) is 6.74. The molecule has 2 rings (SSSR count). The Kier molecular flexibility index (Phi) is 13.5. The minimum atomic E-state index is 0. The van der Waals surface area contributed by atoms with Gasteiger partial charge in [-0.3, -0.25) is 4.79 Å². The Labute approximate surface area is 176 Å². The van der Waals surface area contributed by atoms with Gasteiger partial charge in [0.25, 0.3) is 0 Å². The lowest BCUT2D eigenvalue weighted by Crippen LogP contribution is -1.81. The van der Waals surface area contributed by atoms with Crippen molar-refractivity contribution in [3.05, 3.63) is 106 Å². The number of benzene rings is 2. The van der Waals surface area contributed by atoms with E-state index in [0.29, 0.717) is 0 Å². The van der Waals surface area contributed by atoms with E-state index in [-0.39, 0.29) is 14.0 Å². The highest BCUT2D eigenvalue weighted by Crippen LogP contribution is 2.07. The number of aliphatic hydroxyl groups excluding tert-OH is 1. The molecule has 0 amide bonds. The van der Waals surface area contributed by atoms with Crippen molar-refractivity contribution >= 4 is 18.4 Å². The first-order chi connectivity index (χ1) is 13.4. The maximum absolute atomic E-state index is 10.3. The zero-order valence-electron chi connectivity index (χ0n) is 17.2. The van der Waals surface area contributed by atoms with E-state index in [0.717, 1.165) is 23.0 Å². The fourth-order valence-electron chi connectivity index (χ4n) is 2.27. The third-order valence-electron chi connectivity index (χ3n) is 3.84. The molecule has 0 spiro atoms. The van der Waals surface area contributed by atoms with Gasteiger partial charge in [0.1, 0.15) is 6.29 Å². The molecule has 154 valence electrons. The zero-order chi connectivity index (χ0) is 20.8. The average molecular weight is 391 g/mol. The van der Waals surface area contributed by atoms with E-state index >= 15 is 0 Å². The van der Waals surface area contributed by atoms with Crippen LogP contribution in [0.2, 0.25) is 0 Å². The van der Waals surface area contributed by atoms with Crippen LogP contribution in [-0.2, 0) is 4.79 Å². The molecule has 2 aromatic rings. The highest BCUT2D eigenvalue weighted by molar-refractivity contribution is 5.73. The molecule has 29 heavy (non-hydrogen) atoms. The summed E-state index contributed by atoms with van der Waals surface area (Å²) in [6.07, 6.45) is 12.4. The van der Waals surface area contributed by atoms with E-state index < -0.39 is 0 Å². The second-order valence-electron chi connectivity index (χ2n) is 6.75. The lowest BCUT2D eigenvalue weighted by molar-refractivity contribution is -0.104. The summed E-state index contributed by atoms with van der Waals surface area (Å²) >= 11 is 0. The summed E-state index contributed by atoms with van der Waals surface area (Å²) in [5.74, 6) is 0. The molecular formula is C27H34O2. The van der Waals surface area contributed by atoms with Gasteiger partial charge in [0.05, 0.1) is 6.61 Å². The second-order valence-corrected chi connectivity index (χ2v) is 6.75. The van der Waals surface area contributed by atoms with E-state index in [4.69, 9.17) is 5.11 Å². The molecule has 0 aliphatic rings. The number of hydrogen-bond acceptors (Lipinski definition) is 2. The molecule has 0 radical (unpaired) electrons. The molecule has 2 aromatic carbocycles. The van der Waals surface area contributed by atoms with Gasteiger partial charge in [0.2, 0.25) is 0 Å². The van der Waals surface area contributed by atoms with Crippen LogP contribution in [0.25, 0.3) is 12.2 Å². The summed E-state index contributed by atoms with van der Waals surface area (Å²) in [4.78, 5) is 10.3. The number of aldehydes is 1. The molecular weight excluding hydrogens is 356 g/mol. The van der Waals surface area contributed by atoms with Crippen LogP contribution in [-0.4, -0.2) is 18.0 Å². The predicted molar refractivity (Wildman–Crippen MR) is 128 cm³/mol. The Morgan fingerprint density at radius 2 is 1.34 bits per heavy atom. The van der Waals surface area contributed by atoms with Crippen LogP contribution in [0.4, 0.5) is 0 Å². The molecule has 2 heteroatoms. The summed E-state index contributed by atoms with van der Waals surface area (Å²) in [6.45, 7) is 7.95. The first kappa shape index (κ1) is 26.0. The lowest BCUT2D eigenvalue weighted by atomic mass is 10.1. The van der Waals surface area contributed by atoms with Gasteiger partial charge in [-0.1, -0.05) is 104 Å². The van der Waals surface area contributed by atoms with E-state index in [9.17, 15) is 4.79 Å². The topological polar surface area (TPSA) is 37.3 Å². The Morgan fingerprint density at radius 3 is 1.76 bits per heavy atom. The second kappa shape index (κ2) is 15.0. The molecule has 0 unspecified atom stereocenters. The molecule has 0 aliphatic heterocycles. The number of hydrogen-bond donors (Lipinski definition) is 1. The first-order valence-corrected chi connectivity index (χ1v) is 9.32. The van der Waals surface area contributed by atoms with Crippen LogP contribution in [0.3, 0.4) is 0 Å². The van der Waals surface area contributed by atoms with Crippen molar-refractivity contribution in [3.63, 3.8) is 0 Å². The van der Waals surface area contributed by atoms with E-state index in [1.54, 1.807) is 13.0 Å². The van der Waals surface area contributed by atoms with E-state index in [1.807, 2.05) is 55.5 Å². The van der Waals surface area contributed by atoms with Gasteiger partial charge in [0, 0.05) is 0 Å². The molecule has 0 fully saturated rings. The largest absolute Gasteiger partial charge is 0.392 e. The molecule has 0 bridgehead atoms. The Balaban J connectivity index is 0.000000523. The highest BCUT2D eigenvalue weighted by Gasteiger charge is 1.87. The maximum Gasteiger partial charge on any atom is 0.145 e. The number of aliphatic hydroxyl groups is 1. The average Bonchev–Trinajstić information content (AvgIpc) is 2.68. The molecule has 1 N–H and O–H groups in total. The minimum absolute atomic E-state index is 0. The molecule has 0 saturated carbocycles. The first-order valence-electron chi connectivity index (χ1n) is 9.32. The number of carbonyl (C=O) groups is 1. The number of aryl methyl sites for hydroxylation is 2. The summed E-state index contributed by atoms with van der Waals surface area (Å²) < 4.78 is 0. The fourth-order valence-corrected chi connectivity index (χ4v) is 2.27. The van der Waals surface area contributed by atoms with Crippen molar-refractivity contribution in [1.29, 1.82) is 0 Å². The van der Waals surface area contributed by atoms with Crippen molar-refractivity contribution in [2.24, 2.45) is 0 Å². The molecule has 0 saturated heterocycles. The third-order valence-corrected chi connectivity index (χ3v) is 3.84. The smallest absolute Gasteiger partial charge is 0.145 e. The van der Waals surface area contributed by atoms with Gasteiger partial charge in [-0.15, -0.1) is 0 Å². The molecule has 0 aromatic heterocycles. The van der Waals surface area contributed by atoms with E-state index in [2.05, 4.69) is 44.2 Å². The molecule has 0 aliphatic carbocycles. The number of allylic oxidation sites excluding steroid dienone is 5. The van der Waals surface area contributed by atoms with Gasteiger partial charge in [-0.25, -0.2) is 0 Å². The van der Waals surface area contributed by atoms with Crippen molar-refractivity contribution in [2.45, 2.75) is 35.1 Å². The van der Waals surface area contributed by atoms with Gasteiger partial charge in [-0.05, 0) is 50.0 Å². The Morgan fingerprint density at radius 1 is 0.862 bits per heavy atom. The molecule has 0 heterocycles. The highest BCUT2D eigenvalue weighted by atomic mass is 16.3. The number of carbonyl (C=O) groups excluding carboxylic acids is 1. The molecule has 2 nitrogen and oxygen atoms in total. The van der Waals surface area contributed by atoms with Gasteiger partial charge in [0.15, 0.2) is 0 Å². The third kappa shape index (κ3) is 12.2. The van der Waals surface area contributed by atoms with Crippen LogP contribution in [0.15, 0.2) is 84.0 Å². The van der Waals surface area contributed by atoms with Crippen molar-refractivity contribution < 1.29 is 9.90 Å².